The first-order valence-corrected chi connectivity index (χ1v) is 6.49. The van der Waals surface area contributed by atoms with Crippen molar-refractivity contribution in [3.63, 3.8) is 0 Å². The molecule has 2 atom stereocenters. The van der Waals surface area contributed by atoms with Crippen molar-refractivity contribution >= 4 is 17.0 Å². The summed E-state index contributed by atoms with van der Waals surface area (Å²) in [5, 5.41) is 3.45. The van der Waals surface area contributed by atoms with Gasteiger partial charge in [0.15, 0.2) is 5.58 Å². The van der Waals surface area contributed by atoms with E-state index >= 15 is 0 Å². The maximum absolute atomic E-state index is 5.39. The standard InChI is InChI=1S/C13H16N4O/c1-8-12-11(2-3-18-12)16-13(15-8)17-6-9-4-14-5-10(9)7-17/h2-3,9-10,14H,4-7H2,1H3. The van der Waals surface area contributed by atoms with E-state index in [4.69, 9.17) is 4.42 Å². The average molecular weight is 244 g/mol. The number of hydrogen-bond donors (Lipinski definition) is 1. The van der Waals surface area contributed by atoms with Gasteiger partial charge < -0.3 is 14.6 Å². The summed E-state index contributed by atoms with van der Waals surface area (Å²) in [7, 11) is 0. The zero-order valence-electron chi connectivity index (χ0n) is 10.4. The number of aromatic nitrogens is 2. The minimum absolute atomic E-state index is 0.758. The number of nitrogens with one attached hydrogen (secondary N) is 1. The molecule has 0 saturated carbocycles. The van der Waals surface area contributed by atoms with E-state index in [2.05, 4.69) is 20.2 Å². The fourth-order valence-corrected chi connectivity index (χ4v) is 3.15. The van der Waals surface area contributed by atoms with Crippen molar-refractivity contribution in [3.05, 3.63) is 18.0 Å². The molecule has 2 aliphatic rings. The highest BCUT2D eigenvalue weighted by molar-refractivity contribution is 5.75. The van der Waals surface area contributed by atoms with Crippen molar-refractivity contribution in [3.8, 4) is 0 Å². The normalized spacial score (nSPS) is 27.1. The van der Waals surface area contributed by atoms with Crippen LogP contribution in [0.25, 0.3) is 11.1 Å². The summed E-state index contributed by atoms with van der Waals surface area (Å²) < 4.78 is 5.39. The first-order valence-electron chi connectivity index (χ1n) is 6.49. The fraction of sp³-hybridized carbons (Fsp3) is 0.538. The van der Waals surface area contributed by atoms with Crippen molar-refractivity contribution < 1.29 is 4.42 Å². The number of aryl methyl sites for hydroxylation is 1. The third-order valence-corrected chi connectivity index (χ3v) is 4.13. The number of anilines is 1. The summed E-state index contributed by atoms with van der Waals surface area (Å²) in [4.78, 5) is 11.5. The lowest BCUT2D eigenvalue weighted by atomic mass is 10.0. The van der Waals surface area contributed by atoms with E-state index in [1.54, 1.807) is 6.26 Å². The Morgan fingerprint density at radius 2 is 2.06 bits per heavy atom. The van der Waals surface area contributed by atoms with Crippen LogP contribution in [0.1, 0.15) is 5.69 Å². The monoisotopic (exact) mass is 244 g/mol. The van der Waals surface area contributed by atoms with Gasteiger partial charge in [-0.05, 0) is 18.8 Å². The molecule has 0 aliphatic carbocycles. The highest BCUT2D eigenvalue weighted by Gasteiger charge is 2.37. The molecule has 94 valence electrons. The molecule has 4 heterocycles. The van der Waals surface area contributed by atoms with E-state index in [9.17, 15) is 0 Å². The topological polar surface area (TPSA) is 54.2 Å². The summed E-state index contributed by atoms with van der Waals surface area (Å²) in [5.74, 6) is 2.37. The third kappa shape index (κ3) is 1.43. The van der Waals surface area contributed by atoms with E-state index in [1.165, 1.54) is 0 Å². The molecule has 0 aromatic carbocycles. The zero-order chi connectivity index (χ0) is 12.1. The summed E-state index contributed by atoms with van der Waals surface area (Å²) in [5.41, 5.74) is 2.64. The molecule has 2 aromatic rings. The summed E-state index contributed by atoms with van der Waals surface area (Å²) >= 11 is 0. The second-order valence-electron chi connectivity index (χ2n) is 5.33. The quantitative estimate of drug-likeness (QED) is 0.816. The van der Waals surface area contributed by atoms with Crippen LogP contribution in [0.3, 0.4) is 0 Å². The molecule has 2 aromatic heterocycles. The van der Waals surface area contributed by atoms with Gasteiger partial charge in [0.2, 0.25) is 5.95 Å². The molecule has 2 fully saturated rings. The number of hydrogen-bond acceptors (Lipinski definition) is 5. The molecule has 0 radical (unpaired) electrons. The Labute approximate surface area is 105 Å². The lowest BCUT2D eigenvalue weighted by Gasteiger charge is -2.17. The largest absolute Gasteiger partial charge is 0.461 e. The summed E-state index contributed by atoms with van der Waals surface area (Å²) in [6.07, 6.45) is 1.68. The van der Waals surface area contributed by atoms with Gasteiger partial charge in [0.1, 0.15) is 5.52 Å². The lowest BCUT2D eigenvalue weighted by Crippen LogP contribution is -2.27. The average Bonchev–Trinajstić information content (AvgIpc) is 3.02. The van der Waals surface area contributed by atoms with Crippen LogP contribution in [0.5, 0.6) is 0 Å². The maximum Gasteiger partial charge on any atom is 0.226 e. The van der Waals surface area contributed by atoms with Crippen molar-refractivity contribution in [2.75, 3.05) is 31.1 Å². The van der Waals surface area contributed by atoms with E-state index in [0.29, 0.717) is 0 Å². The number of rotatable bonds is 1. The van der Waals surface area contributed by atoms with Gasteiger partial charge in [-0.1, -0.05) is 0 Å². The van der Waals surface area contributed by atoms with E-state index in [-0.39, 0.29) is 0 Å². The molecular weight excluding hydrogens is 228 g/mol. The summed E-state index contributed by atoms with van der Waals surface area (Å²) in [6.45, 7) is 6.39. The van der Waals surface area contributed by atoms with Crippen molar-refractivity contribution in [2.24, 2.45) is 11.8 Å². The molecule has 2 aliphatic heterocycles. The third-order valence-electron chi connectivity index (χ3n) is 4.13. The smallest absolute Gasteiger partial charge is 0.226 e. The van der Waals surface area contributed by atoms with Gasteiger partial charge in [-0.25, -0.2) is 9.97 Å². The van der Waals surface area contributed by atoms with Gasteiger partial charge in [-0.3, -0.25) is 0 Å². The molecular formula is C13H16N4O. The Bertz CT molecular complexity index is 582. The number of nitrogens with zero attached hydrogens (tertiary/aromatic N) is 3. The van der Waals surface area contributed by atoms with Gasteiger partial charge in [0.25, 0.3) is 0 Å². The Kier molecular flexibility index (Phi) is 2.11. The minimum Gasteiger partial charge on any atom is -0.461 e. The molecule has 0 amide bonds. The highest BCUT2D eigenvalue weighted by atomic mass is 16.3. The Morgan fingerprint density at radius 3 is 2.83 bits per heavy atom. The van der Waals surface area contributed by atoms with Crippen LogP contribution in [0, 0.1) is 18.8 Å². The van der Waals surface area contributed by atoms with E-state index in [1.807, 2.05) is 13.0 Å². The van der Waals surface area contributed by atoms with Crippen LogP contribution >= 0.6 is 0 Å². The van der Waals surface area contributed by atoms with Crippen molar-refractivity contribution in [1.29, 1.82) is 0 Å². The molecule has 1 N–H and O–H groups in total. The lowest BCUT2D eigenvalue weighted by molar-refractivity contribution is 0.533. The Hall–Kier alpha value is -1.62. The second kappa shape index (κ2) is 3.68. The molecule has 0 bridgehead atoms. The van der Waals surface area contributed by atoms with Crippen LogP contribution in [0.2, 0.25) is 0 Å². The van der Waals surface area contributed by atoms with Gasteiger partial charge in [0.05, 0.1) is 12.0 Å². The predicted octanol–water partition coefficient (Wildman–Crippen LogP) is 1.19. The van der Waals surface area contributed by atoms with Gasteiger partial charge in [0, 0.05) is 32.2 Å². The predicted molar refractivity (Wildman–Crippen MR) is 68.6 cm³/mol. The Morgan fingerprint density at radius 1 is 1.28 bits per heavy atom. The van der Waals surface area contributed by atoms with Crippen molar-refractivity contribution in [1.82, 2.24) is 15.3 Å². The molecule has 2 saturated heterocycles. The molecule has 4 rings (SSSR count). The van der Waals surface area contributed by atoms with Crippen LogP contribution in [0.15, 0.2) is 16.7 Å². The molecule has 5 heteroatoms. The molecule has 0 spiro atoms. The van der Waals surface area contributed by atoms with Crippen LogP contribution < -0.4 is 10.2 Å². The Balaban J connectivity index is 1.70. The minimum atomic E-state index is 0.758. The van der Waals surface area contributed by atoms with E-state index in [0.717, 1.165) is 60.8 Å². The van der Waals surface area contributed by atoms with Gasteiger partial charge in [-0.15, -0.1) is 0 Å². The molecule has 2 unspecified atom stereocenters. The molecule has 5 nitrogen and oxygen atoms in total. The van der Waals surface area contributed by atoms with Crippen LogP contribution in [-0.2, 0) is 0 Å². The summed E-state index contributed by atoms with van der Waals surface area (Å²) in [6, 6.07) is 1.91. The van der Waals surface area contributed by atoms with Crippen LogP contribution in [0.4, 0.5) is 5.95 Å². The number of fused-ring (bicyclic) bond motifs is 2. The second-order valence-corrected chi connectivity index (χ2v) is 5.33. The maximum atomic E-state index is 5.39. The zero-order valence-corrected chi connectivity index (χ0v) is 10.4. The van der Waals surface area contributed by atoms with Gasteiger partial charge >= 0.3 is 0 Å². The van der Waals surface area contributed by atoms with Crippen molar-refractivity contribution in [2.45, 2.75) is 6.92 Å². The fourth-order valence-electron chi connectivity index (χ4n) is 3.15. The first-order chi connectivity index (χ1) is 8.81. The van der Waals surface area contributed by atoms with Crippen LogP contribution in [-0.4, -0.2) is 36.1 Å². The molecule has 18 heavy (non-hydrogen) atoms. The SMILES string of the molecule is Cc1nc(N2CC3CNCC3C2)nc2ccoc12. The number of furan rings is 1. The first kappa shape index (κ1) is 10.3. The van der Waals surface area contributed by atoms with Gasteiger partial charge in [-0.2, -0.15) is 0 Å². The highest BCUT2D eigenvalue weighted by Crippen LogP contribution is 2.30. The van der Waals surface area contributed by atoms with E-state index < -0.39 is 0 Å².